The van der Waals surface area contributed by atoms with Crippen LogP contribution in [0.1, 0.15) is 0 Å². The summed E-state index contributed by atoms with van der Waals surface area (Å²) in [7, 11) is 24.9. The predicted octanol–water partition coefficient (Wildman–Crippen LogP) is 7.20. The van der Waals surface area contributed by atoms with Crippen molar-refractivity contribution in [1.29, 1.82) is 0 Å². The summed E-state index contributed by atoms with van der Waals surface area (Å²) in [4.78, 5) is 0. The first-order valence-corrected chi connectivity index (χ1v) is 37.1. The fraction of sp³-hybridized carbons (Fsp3) is 0. The molecular formula is C24H20Cl6SnW. The van der Waals surface area contributed by atoms with Gasteiger partial charge in [0.05, 0.1) is 0 Å². The molecule has 0 radical (unpaired) electrons. The van der Waals surface area contributed by atoms with Crippen LogP contribution in [-0.4, -0.2) is 18.4 Å². The molecule has 0 bridgehead atoms. The van der Waals surface area contributed by atoms with Gasteiger partial charge in [0, 0.05) is 0 Å². The van der Waals surface area contributed by atoms with E-state index in [0.29, 0.717) is 0 Å². The minimum atomic E-state index is -5.47. The Balaban J connectivity index is 0.000000360. The molecule has 0 aliphatic carbocycles. The molecular weight excluding hydrogens is 804 g/mol. The molecule has 0 aliphatic rings. The van der Waals surface area contributed by atoms with E-state index in [4.69, 9.17) is 56.5 Å². The van der Waals surface area contributed by atoms with Gasteiger partial charge in [0.15, 0.2) is 0 Å². The van der Waals surface area contributed by atoms with E-state index in [1.54, 1.807) is 0 Å². The van der Waals surface area contributed by atoms with Gasteiger partial charge in [-0.15, -0.1) is 0 Å². The number of hydrogen-bond donors (Lipinski definition) is 0. The van der Waals surface area contributed by atoms with Crippen molar-refractivity contribution in [2.24, 2.45) is 0 Å². The molecule has 0 atom stereocenters. The van der Waals surface area contributed by atoms with E-state index in [1.165, 1.54) is 14.3 Å². The van der Waals surface area contributed by atoms with Gasteiger partial charge >= 0.3 is 218 Å². The molecule has 4 rings (SSSR count). The fourth-order valence-corrected chi connectivity index (χ4v) is 17.4. The molecule has 0 heterocycles. The fourth-order valence-electron chi connectivity index (χ4n) is 3.75. The molecule has 0 unspecified atom stereocenters. The molecule has 0 nitrogen and oxygen atoms in total. The van der Waals surface area contributed by atoms with Crippen molar-refractivity contribution >= 4 is 89.2 Å². The van der Waals surface area contributed by atoms with E-state index < -0.39 is 25.7 Å². The normalized spacial score (nSPS) is 13.8. The number of rotatable bonds is 4. The van der Waals surface area contributed by atoms with Crippen LogP contribution < -0.4 is 14.3 Å². The molecule has 0 N–H and O–H groups in total. The third-order valence-corrected chi connectivity index (χ3v) is 18.5. The zero-order chi connectivity index (χ0) is 23.4. The van der Waals surface area contributed by atoms with E-state index in [2.05, 4.69) is 121 Å². The summed E-state index contributed by atoms with van der Waals surface area (Å²) in [5.74, 6) is 0. The molecule has 32 heavy (non-hydrogen) atoms. The van der Waals surface area contributed by atoms with Gasteiger partial charge in [-0.1, -0.05) is 0 Å². The SMILES string of the molecule is [Cl][W]([Cl])([Cl])([Cl])([Cl])[Cl].c1cc[c]([Sn]([c]2ccccc2)([c]2ccccc2)[c]2ccccc2)cc1. The molecule has 0 saturated carbocycles. The van der Waals surface area contributed by atoms with Crippen LogP contribution in [-0.2, 0) is 7.31 Å². The molecule has 0 amide bonds. The summed E-state index contributed by atoms with van der Waals surface area (Å²) >= 11 is -3.31. The van der Waals surface area contributed by atoms with Gasteiger partial charge in [-0.2, -0.15) is 0 Å². The maximum atomic E-state index is 5.07. The summed E-state index contributed by atoms with van der Waals surface area (Å²) in [6, 6.07) is 44.4. The molecule has 0 fully saturated rings. The Labute approximate surface area is 215 Å². The second-order valence-corrected chi connectivity index (χ2v) is 81.5. The molecule has 0 aromatic heterocycles. The van der Waals surface area contributed by atoms with E-state index in [0.717, 1.165) is 0 Å². The molecule has 8 heteroatoms. The average Bonchev–Trinajstić information content (AvgIpc) is 2.75. The standard InChI is InChI=1S/4C6H5.6ClH.Sn.W/c4*1-2-4-6-5-3-1;;;;;;;;/h4*1-5H;6*1H;;/q;;;;;;;;;;;+6/p-6. The van der Waals surface area contributed by atoms with Crippen LogP contribution in [0.4, 0.5) is 0 Å². The van der Waals surface area contributed by atoms with Crippen LogP contribution >= 0.6 is 56.5 Å². The van der Waals surface area contributed by atoms with Crippen molar-refractivity contribution in [2.45, 2.75) is 0 Å². The van der Waals surface area contributed by atoms with Gasteiger partial charge in [-0.05, 0) is 0 Å². The number of halogens is 6. The second kappa shape index (κ2) is 10.00. The maximum absolute atomic E-state index is 5.47. The topological polar surface area (TPSA) is 0 Å². The van der Waals surface area contributed by atoms with Crippen molar-refractivity contribution in [3.63, 3.8) is 0 Å². The van der Waals surface area contributed by atoms with E-state index >= 15 is 0 Å². The first kappa shape index (κ1) is 26.7. The molecule has 168 valence electrons. The minimum absolute atomic E-state index is 1.49. The van der Waals surface area contributed by atoms with Gasteiger partial charge in [-0.25, -0.2) is 0 Å². The van der Waals surface area contributed by atoms with Crippen molar-refractivity contribution < 1.29 is 7.31 Å². The summed E-state index contributed by atoms with van der Waals surface area (Å²) in [5, 5.41) is 0. The Morgan fingerprint density at radius 3 is 0.656 bits per heavy atom. The Hall–Kier alpha value is 0.107. The van der Waals surface area contributed by atoms with Crippen LogP contribution in [0, 0.1) is 0 Å². The molecule has 0 saturated heterocycles. The summed E-state index contributed by atoms with van der Waals surface area (Å²) in [6.07, 6.45) is 0. The van der Waals surface area contributed by atoms with Crippen LogP contribution in [0.5, 0.6) is 0 Å². The quantitative estimate of drug-likeness (QED) is 0.191. The second-order valence-electron chi connectivity index (χ2n) is 7.09. The Morgan fingerprint density at radius 1 is 0.344 bits per heavy atom. The van der Waals surface area contributed by atoms with Gasteiger partial charge in [0.1, 0.15) is 0 Å². The monoisotopic (exact) mass is 822 g/mol. The van der Waals surface area contributed by atoms with Crippen LogP contribution in [0.3, 0.4) is 0 Å². The van der Waals surface area contributed by atoms with Crippen LogP contribution in [0.25, 0.3) is 0 Å². The average molecular weight is 824 g/mol. The van der Waals surface area contributed by atoms with Gasteiger partial charge < -0.3 is 0 Å². The van der Waals surface area contributed by atoms with Crippen molar-refractivity contribution in [3.8, 4) is 0 Å². The Bertz CT molecular complexity index is 960. The van der Waals surface area contributed by atoms with Gasteiger partial charge in [0.25, 0.3) is 0 Å². The first-order chi connectivity index (χ1) is 14.9. The van der Waals surface area contributed by atoms with Crippen molar-refractivity contribution in [1.82, 2.24) is 0 Å². The van der Waals surface area contributed by atoms with Crippen LogP contribution in [0.15, 0.2) is 121 Å². The zero-order valence-electron chi connectivity index (χ0n) is 16.7. The number of hydrogen-bond acceptors (Lipinski definition) is 0. The summed E-state index contributed by atoms with van der Waals surface area (Å²) < 4.78 is 5.95. The third kappa shape index (κ3) is 8.10. The Morgan fingerprint density at radius 2 is 0.500 bits per heavy atom. The van der Waals surface area contributed by atoms with Gasteiger partial charge in [-0.3, -0.25) is 0 Å². The van der Waals surface area contributed by atoms with E-state index in [1.807, 2.05) is 0 Å². The van der Waals surface area contributed by atoms with Crippen molar-refractivity contribution in [3.05, 3.63) is 121 Å². The molecule has 0 spiro atoms. The molecule has 0 aliphatic heterocycles. The van der Waals surface area contributed by atoms with E-state index in [-0.39, 0.29) is 0 Å². The predicted molar refractivity (Wildman–Crippen MR) is 145 cm³/mol. The Kier molecular flexibility index (Phi) is 8.34. The van der Waals surface area contributed by atoms with Gasteiger partial charge in [0.2, 0.25) is 0 Å². The zero-order valence-corrected chi connectivity index (χ0v) is 27.0. The summed E-state index contributed by atoms with van der Waals surface area (Å²) in [6.45, 7) is 0. The summed E-state index contributed by atoms with van der Waals surface area (Å²) in [5.41, 5.74) is 0. The molecule has 4 aromatic carbocycles. The van der Waals surface area contributed by atoms with E-state index in [9.17, 15) is 0 Å². The molecule has 4 aromatic rings. The van der Waals surface area contributed by atoms with Crippen LogP contribution in [0.2, 0.25) is 0 Å². The first-order valence-electron chi connectivity index (χ1n) is 9.57. The third-order valence-electron chi connectivity index (χ3n) is 4.83. The van der Waals surface area contributed by atoms with Crippen molar-refractivity contribution in [2.75, 3.05) is 0 Å². The number of benzene rings is 4.